The van der Waals surface area contributed by atoms with Gasteiger partial charge in [-0.25, -0.2) is 4.85 Å². The van der Waals surface area contributed by atoms with E-state index in [2.05, 4.69) is 20.6 Å². The van der Waals surface area contributed by atoms with E-state index < -0.39 is 0 Å². The van der Waals surface area contributed by atoms with Gasteiger partial charge in [0.1, 0.15) is 0 Å². The summed E-state index contributed by atoms with van der Waals surface area (Å²) in [5.41, 5.74) is 10.6. The average molecular weight is 394 g/mol. The number of aryl methyl sites for hydroxylation is 1. The van der Waals surface area contributed by atoms with Gasteiger partial charge in [0.25, 0.3) is 0 Å². The van der Waals surface area contributed by atoms with Crippen LogP contribution in [-0.2, 0) is 4.79 Å². The molecule has 0 bridgehead atoms. The third-order valence-corrected chi connectivity index (χ3v) is 5.89. The van der Waals surface area contributed by atoms with Crippen molar-refractivity contribution in [3.8, 4) is 11.1 Å². The van der Waals surface area contributed by atoms with E-state index in [9.17, 15) is 4.79 Å². The Morgan fingerprint density at radius 2 is 2.14 bits per heavy atom. The molecule has 1 aliphatic rings. The van der Waals surface area contributed by atoms with Gasteiger partial charge >= 0.3 is 0 Å². The number of rotatable bonds is 2. The summed E-state index contributed by atoms with van der Waals surface area (Å²) in [5, 5.41) is 1.39. The van der Waals surface area contributed by atoms with Gasteiger partial charge in [-0.05, 0) is 36.4 Å². The van der Waals surface area contributed by atoms with Gasteiger partial charge in [0.2, 0.25) is 5.91 Å². The molecule has 4 rings (SSSR count). The van der Waals surface area contributed by atoms with Crippen molar-refractivity contribution in [1.29, 1.82) is 0 Å². The van der Waals surface area contributed by atoms with Crippen LogP contribution in [0, 0.1) is 13.5 Å². The molecule has 6 nitrogen and oxygen atoms in total. The summed E-state index contributed by atoms with van der Waals surface area (Å²) in [5.74, 6) is 0.0914. The van der Waals surface area contributed by atoms with Crippen LogP contribution < -0.4 is 5.73 Å². The van der Waals surface area contributed by atoms with Crippen LogP contribution in [0.5, 0.6) is 0 Å². The summed E-state index contributed by atoms with van der Waals surface area (Å²) < 4.78 is 2.20. The predicted octanol–water partition coefficient (Wildman–Crippen LogP) is 4.59. The number of nitrogen functional groups attached to an aromatic ring is 1. The Labute approximate surface area is 168 Å². The van der Waals surface area contributed by atoms with Gasteiger partial charge in [-0.1, -0.05) is 11.6 Å². The second kappa shape index (κ2) is 6.84. The Balaban J connectivity index is 1.94. The number of hydrogen-bond acceptors (Lipinski definition) is 3. The molecule has 0 spiro atoms. The van der Waals surface area contributed by atoms with Crippen LogP contribution in [-0.4, -0.2) is 33.4 Å². The minimum atomic E-state index is 0.0914. The molecule has 1 aliphatic heterocycles. The molecule has 142 valence electrons. The molecule has 2 aromatic heterocycles. The van der Waals surface area contributed by atoms with Crippen LogP contribution in [0.15, 0.2) is 30.7 Å². The molecule has 28 heavy (non-hydrogen) atoms. The van der Waals surface area contributed by atoms with Crippen LogP contribution >= 0.6 is 11.6 Å². The first-order valence-corrected chi connectivity index (χ1v) is 9.46. The summed E-state index contributed by atoms with van der Waals surface area (Å²) >= 11 is 6.48. The zero-order chi connectivity index (χ0) is 20.0. The van der Waals surface area contributed by atoms with Crippen molar-refractivity contribution in [3.63, 3.8) is 0 Å². The minimum Gasteiger partial charge on any atom is -0.396 e. The number of pyridine rings is 1. The highest BCUT2D eigenvalue weighted by Crippen LogP contribution is 2.41. The number of aromatic nitrogens is 2. The monoisotopic (exact) mass is 393 g/mol. The lowest BCUT2D eigenvalue weighted by atomic mass is 10.0. The first-order chi connectivity index (χ1) is 13.4. The number of carbonyl (C=O) groups is 1. The molecule has 3 aromatic rings. The molecule has 0 saturated carbocycles. The maximum absolute atomic E-state index is 11.8. The Morgan fingerprint density at radius 3 is 2.82 bits per heavy atom. The van der Waals surface area contributed by atoms with Crippen molar-refractivity contribution in [2.45, 2.75) is 26.3 Å². The molecule has 0 aliphatic carbocycles. The summed E-state index contributed by atoms with van der Waals surface area (Å²) in [6.45, 7) is 12.4. The van der Waals surface area contributed by atoms with Crippen LogP contribution in [0.1, 0.15) is 24.9 Å². The van der Waals surface area contributed by atoms with Gasteiger partial charge in [-0.15, -0.1) is 0 Å². The molecule has 0 radical (unpaired) electrons. The van der Waals surface area contributed by atoms with Crippen molar-refractivity contribution in [3.05, 3.63) is 52.7 Å². The average Bonchev–Trinajstić information content (AvgIpc) is 3.28. The summed E-state index contributed by atoms with van der Waals surface area (Å²) in [7, 11) is 0. The maximum atomic E-state index is 11.8. The highest BCUT2D eigenvalue weighted by Gasteiger charge is 2.28. The number of likely N-dealkylation sites (tertiary alicyclic amines) is 1. The fourth-order valence-corrected chi connectivity index (χ4v) is 4.13. The Kier molecular flexibility index (Phi) is 4.48. The lowest BCUT2D eigenvalue weighted by Crippen LogP contribution is -2.26. The smallest absolute Gasteiger partial charge is 0.219 e. The molecular weight excluding hydrogens is 374 g/mol. The predicted molar refractivity (Wildman–Crippen MR) is 111 cm³/mol. The number of benzene rings is 1. The van der Waals surface area contributed by atoms with Crippen LogP contribution in [0.3, 0.4) is 0 Å². The third kappa shape index (κ3) is 2.88. The number of fused-ring (bicyclic) bond motifs is 1. The summed E-state index contributed by atoms with van der Waals surface area (Å²) in [6, 6.07) is 4.11. The van der Waals surface area contributed by atoms with E-state index in [1.54, 1.807) is 13.1 Å². The second-order valence-electron chi connectivity index (χ2n) is 7.22. The quantitative estimate of drug-likeness (QED) is 0.647. The van der Waals surface area contributed by atoms with Crippen molar-refractivity contribution in [2.75, 3.05) is 18.8 Å². The SMILES string of the molecule is [C-]#[N+]c1cc2c(-c3cncc(N)c3Cl)cn(C3CCN(C(C)=O)C3)c2cc1C. The van der Waals surface area contributed by atoms with Crippen molar-refractivity contribution in [1.82, 2.24) is 14.5 Å². The van der Waals surface area contributed by atoms with E-state index >= 15 is 0 Å². The fraction of sp³-hybridized carbons (Fsp3) is 0.286. The molecule has 1 atom stereocenters. The van der Waals surface area contributed by atoms with Gasteiger partial charge in [-0.3, -0.25) is 9.78 Å². The van der Waals surface area contributed by atoms with Crippen molar-refractivity contribution >= 4 is 39.8 Å². The molecule has 3 heterocycles. The number of amides is 1. The van der Waals surface area contributed by atoms with Gasteiger partial charge in [0.15, 0.2) is 5.69 Å². The van der Waals surface area contributed by atoms with Crippen molar-refractivity contribution < 1.29 is 4.79 Å². The number of hydrogen-bond donors (Lipinski definition) is 1. The first-order valence-electron chi connectivity index (χ1n) is 9.08. The van der Waals surface area contributed by atoms with E-state index in [0.717, 1.165) is 40.6 Å². The zero-order valence-corrected chi connectivity index (χ0v) is 16.5. The van der Waals surface area contributed by atoms with Gasteiger partial charge < -0.3 is 15.2 Å². The molecule has 1 aromatic carbocycles. The largest absolute Gasteiger partial charge is 0.396 e. The van der Waals surface area contributed by atoms with E-state index in [0.29, 0.717) is 22.9 Å². The topological polar surface area (TPSA) is 68.5 Å². The van der Waals surface area contributed by atoms with E-state index in [4.69, 9.17) is 23.9 Å². The van der Waals surface area contributed by atoms with E-state index in [1.807, 2.05) is 24.0 Å². The number of nitrogens with two attached hydrogens (primary N) is 1. The van der Waals surface area contributed by atoms with E-state index in [-0.39, 0.29) is 11.9 Å². The first kappa shape index (κ1) is 18.3. The molecule has 1 unspecified atom stereocenters. The highest BCUT2D eigenvalue weighted by molar-refractivity contribution is 6.36. The Hall–Kier alpha value is -3.04. The zero-order valence-electron chi connectivity index (χ0n) is 15.7. The summed E-state index contributed by atoms with van der Waals surface area (Å²) in [4.78, 5) is 21.5. The van der Waals surface area contributed by atoms with Gasteiger partial charge in [-0.2, -0.15) is 0 Å². The lowest BCUT2D eigenvalue weighted by Gasteiger charge is -2.16. The molecule has 1 fully saturated rings. The normalized spacial score (nSPS) is 16.5. The van der Waals surface area contributed by atoms with Crippen LogP contribution in [0.4, 0.5) is 11.4 Å². The minimum absolute atomic E-state index is 0.0914. The third-order valence-electron chi connectivity index (χ3n) is 5.47. The molecular formula is C21H20ClN5O. The van der Waals surface area contributed by atoms with Crippen LogP contribution in [0.2, 0.25) is 5.02 Å². The Morgan fingerprint density at radius 1 is 1.36 bits per heavy atom. The molecule has 1 amide bonds. The standard InChI is InChI=1S/C21H20ClN5O/c1-12-6-20-15(7-19(12)24-3)17(16-8-25-9-18(23)21(16)22)11-27(20)14-4-5-26(10-14)13(2)28/h6-9,11,14H,4-5,10,23H2,1-2H3. The molecule has 7 heteroatoms. The Bertz CT molecular complexity index is 1140. The lowest BCUT2D eigenvalue weighted by molar-refractivity contribution is -0.127. The maximum Gasteiger partial charge on any atom is 0.219 e. The van der Waals surface area contributed by atoms with Crippen molar-refractivity contribution in [2.24, 2.45) is 0 Å². The van der Waals surface area contributed by atoms with Crippen LogP contribution in [0.25, 0.3) is 26.9 Å². The number of halogens is 1. The molecule has 2 N–H and O–H groups in total. The van der Waals surface area contributed by atoms with E-state index in [1.165, 1.54) is 6.20 Å². The fourth-order valence-electron chi connectivity index (χ4n) is 3.93. The summed E-state index contributed by atoms with van der Waals surface area (Å²) in [6.07, 6.45) is 6.16. The number of nitrogens with zero attached hydrogens (tertiary/aromatic N) is 4. The van der Waals surface area contributed by atoms with Gasteiger partial charge in [0, 0.05) is 49.1 Å². The van der Waals surface area contributed by atoms with Gasteiger partial charge in [0.05, 0.1) is 29.5 Å². The second-order valence-corrected chi connectivity index (χ2v) is 7.59. The molecule has 1 saturated heterocycles. The number of carbonyl (C=O) groups excluding carboxylic acids is 1. The number of anilines is 1. The highest BCUT2D eigenvalue weighted by atomic mass is 35.5.